The topological polar surface area (TPSA) is 26.8 Å². The van der Waals surface area contributed by atoms with Gasteiger partial charge in [-0.25, -0.2) is 0 Å². The van der Waals surface area contributed by atoms with Gasteiger partial charge in [-0.05, 0) is 40.9 Å². The summed E-state index contributed by atoms with van der Waals surface area (Å²) in [6.07, 6.45) is 0. The predicted octanol–water partition coefficient (Wildman–Crippen LogP) is 3.68. The highest BCUT2D eigenvalue weighted by Gasteiger charge is 2.22. The Balaban J connectivity index is 1.26. The largest absolute Gasteiger partial charge is 0.339 e. The van der Waals surface area contributed by atoms with E-state index in [0.717, 1.165) is 39.3 Å². The maximum Gasteiger partial charge on any atom is 0.236 e. The Bertz CT molecular complexity index is 917. The smallest absolute Gasteiger partial charge is 0.236 e. The molecule has 146 valence electrons. The zero-order valence-electron chi connectivity index (χ0n) is 16.4. The molecule has 1 aromatic heterocycles. The van der Waals surface area contributed by atoms with E-state index >= 15 is 0 Å². The lowest BCUT2D eigenvalue weighted by Crippen LogP contribution is -2.50. The van der Waals surface area contributed by atoms with Crippen LogP contribution in [0.5, 0.6) is 0 Å². The second-order valence-electron chi connectivity index (χ2n) is 7.59. The summed E-state index contributed by atoms with van der Waals surface area (Å²) in [6.45, 7) is 5.83. The number of rotatable bonds is 6. The standard InChI is InChI=1S/C23H27N3OS/c1-24(16-19-8-9-20-5-2-3-6-21(20)15-19)18-23(27)26-12-10-25(11-13-26)17-22-7-4-14-28-22/h2-9,14-15H,10-13,16-18H2,1H3. The number of carbonyl (C=O) groups excluding carboxylic acids is 1. The zero-order chi connectivity index (χ0) is 19.3. The summed E-state index contributed by atoms with van der Waals surface area (Å²) in [4.78, 5) is 20.7. The quantitative estimate of drug-likeness (QED) is 0.639. The molecule has 0 aliphatic carbocycles. The Hall–Kier alpha value is -2.21. The van der Waals surface area contributed by atoms with Crippen LogP contribution in [0.4, 0.5) is 0 Å². The van der Waals surface area contributed by atoms with Gasteiger partial charge in [0.1, 0.15) is 0 Å². The average molecular weight is 394 g/mol. The van der Waals surface area contributed by atoms with Gasteiger partial charge in [0.25, 0.3) is 0 Å². The fourth-order valence-electron chi connectivity index (χ4n) is 3.81. The van der Waals surface area contributed by atoms with E-state index in [1.54, 1.807) is 11.3 Å². The SMILES string of the molecule is CN(CC(=O)N1CCN(Cc2cccs2)CC1)Cc1ccc2ccccc2c1. The zero-order valence-corrected chi connectivity index (χ0v) is 17.2. The first-order valence-corrected chi connectivity index (χ1v) is 10.7. The Morgan fingerprint density at radius 3 is 2.54 bits per heavy atom. The Morgan fingerprint density at radius 2 is 1.79 bits per heavy atom. The lowest BCUT2D eigenvalue weighted by molar-refractivity contribution is -0.134. The summed E-state index contributed by atoms with van der Waals surface area (Å²) in [5, 5.41) is 4.63. The van der Waals surface area contributed by atoms with Gasteiger partial charge in [-0.15, -0.1) is 11.3 Å². The number of hydrogen-bond acceptors (Lipinski definition) is 4. The Kier molecular flexibility index (Phi) is 6.05. The van der Waals surface area contributed by atoms with Gasteiger partial charge in [-0.3, -0.25) is 14.6 Å². The van der Waals surface area contributed by atoms with E-state index in [9.17, 15) is 4.79 Å². The molecule has 0 N–H and O–H groups in total. The summed E-state index contributed by atoms with van der Waals surface area (Å²) in [7, 11) is 2.03. The third-order valence-electron chi connectivity index (χ3n) is 5.36. The fraction of sp³-hybridized carbons (Fsp3) is 0.348. The normalized spacial score (nSPS) is 15.4. The molecule has 1 saturated heterocycles. The predicted molar refractivity (Wildman–Crippen MR) is 116 cm³/mol. The van der Waals surface area contributed by atoms with Crippen LogP contribution < -0.4 is 0 Å². The lowest BCUT2D eigenvalue weighted by atomic mass is 10.1. The van der Waals surface area contributed by atoms with E-state index in [1.807, 2.05) is 11.9 Å². The summed E-state index contributed by atoms with van der Waals surface area (Å²) in [6, 6.07) is 19.2. The second-order valence-corrected chi connectivity index (χ2v) is 8.62. The minimum Gasteiger partial charge on any atom is -0.339 e. The van der Waals surface area contributed by atoms with Crippen LogP contribution in [0, 0.1) is 0 Å². The minimum atomic E-state index is 0.235. The molecule has 0 unspecified atom stereocenters. The highest BCUT2D eigenvalue weighted by Crippen LogP contribution is 2.17. The second kappa shape index (κ2) is 8.86. The number of piperazine rings is 1. The number of thiophene rings is 1. The first kappa shape index (κ1) is 19.1. The summed E-state index contributed by atoms with van der Waals surface area (Å²) in [5.41, 5.74) is 1.25. The van der Waals surface area contributed by atoms with Crippen LogP contribution in [0.25, 0.3) is 10.8 Å². The molecular formula is C23H27N3OS. The molecule has 0 atom stereocenters. The Morgan fingerprint density at radius 1 is 1.00 bits per heavy atom. The van der Waals surface area contributed by atoms with E-state index < -0.39 is 0 Å². The summed E-state index contributed by atoms with van der Waals surface area (Å²) in [5.74, 6) is 0.235. The molecule has 2 heterocycles. The van der Waals surface area contributed by atoms with Crippen molar-refractivity contribution in [2.45, 2.75) is 13.1 Å². The van der Waals surface area contributed by atoms with Gasteiger partial charge in [0, 0.05) is 44.1 Å². The third-order valence-corrected chi connectivity index (χ3v) is 6.22. The first-order chi connectivity index (χ1) is 13.7. The molecule has 1 fully saturated rings. The van der Waals surface area contributed by atoms with Crippen LogP contribution in [0.2, 0.25) is 0 Å². The van der Waals surface area contributed by atoms with Crippen molar-refractivity contribution in [3.8, 4) is 0 Å². The van der Waals surface area contributed by atoms with E-state index in [-0.39, 0.29) is 5.91 Å². The van der Waals surface area contributed by atoms with Gasteiger partial charge in [0.15, 0.2) is 0 Å². The van der Waals surface area contributed by atoms with Gasteiger partial charge in [-0.2, -0.15) is 0 Å². The molecule has 2 aromatic carbocycles. The number of amides is 1. The lowest BCUT2D eigenvalue weighted by Gasteiger charge is -2.35. The van der Waals surface area contributed by atoms with Crippen molar-refractivity contribution >= 4 is 28.0 Å². The monoisotopic (exact) mass is 393 g/mol. The molecule has 0 saturated carbocycles. The van der Waals surface area contributed by atoms with Crippen molar-refractivity contribution in [1.82, 2.24) is 14.7 Å². The number of hydrogen-bond donors (Lipinski definition) is 0. The fourth-order valence-corrected chi connectivity index (χ4v) is 4.56. The summed E-state index contributed by atoms with van der Waals surface area (Å²) >= 11 is 1.80. The van der Waals surface area contributed by atoms with E-state index in [1.165, 1.54) is 21.2 Å². The van der Waals surface area contributed by atoms with Crippen molar-refractivity contribution < 1.29 is 4.79 Å². The van der Waals surface area contributed by atoms with Crippen LogP contribution in [-0.4, -0.2) is 60.4 Å². The van der Waals surface area contributed by atoms with Gasteiger partial charge < -0.3 is 4.90 Å². The highest BCUT2D eigenvalue weighted by atomic mass is 32.1. The molecule has 5 heteroatoms. The van der Waals surface area contributed by atoms with Crippen molar-refractivity contribution in [1.29, 1.82) is 0 Å². The molecule has 1 amide bonds. The van der Waals surface area contributed by atoms with Crippen LogP contribution in [-0.2, 0) is 17.9 Å². The number of fused-ring (bicyclic) bond motifs is 1. The van der Waals surface area contributed by atoms with E-state index in [0.29, 0.717) is 6.54 Å². The van der Waals surface area contributed by atoms with Crippen LogP contribution >= 0.6 is 11.3 Å². The molecule has 4 rings (SSSR count). The molecule has 0 radical (unpaired) electrons. The first-order valence-electron chi connectivity index (χ1n) is 9.86. The van der Waals surface area contributed by atoms with Gasteiger partial charge in [0.05, 0.1) is 6.54 Å². The summed E-state index contributed by atoms with van der Waals surface area (Å²) < 4.78 is 0. The maximum atomic E-state index is 12.7. The molecule has 28 heavy (non-hydrogen) atoms. The van der Waals surface area contributed by atoms with Gasteiger partial charge >= 0.3 is 0 Å². The molecule has 1 aliphatic rings. The number of carbonyl (C=O) groups is 1. The van der Waals surface area contributed by atoms with Crippen LogP contribution in [0.1, 0.15) is 10.4 Å². The van der Waals surface area contributed by atoms with Crippen LogP contribution in [0.15, 0.2) is 60.0 Å². The van der Waals surface area contributed by atoms with Gasteiger partial charge in [0.2, 0.25) is 5.91 Å². The minimum absolute atomic E-state index is 0.235. The molecule has 4 nitrogen and oxygen atoms in total. The number of benzene rings is 2. The molecule has 0 spiro atoms. The van der Waals surface area contributed by atoms with Crippen LogP contribution in [0.3, 0.4) is 0 Å². The molecule has 1 aliphatic heterocycles. The van der Waals surface area contributed by atoms with E-state index in [2.05, 4.69) is 69.8 Å². The number of nitrogens with zero attached hydrogens (tertiary/aromatic N) is 3. The van der Waals surface area contributed by atoms with Crippen molar-refractivity contribution in [3.05, 3.63) is 70.4 Å². The highest BCUT2D eigenvalue weighted by molar-refractivity contribution is 7.09. The Labute approximate surface area is 171 Å². The van der Waals surface area contributed by atoms with Crippen molar-refractivity contribution in [2.24, 2.45) is 0 Å². The van der Waals surface area contributed by atoms with Gasteiger partial charge in [-0.1, -0.05) is 42.5 Å². The van der Waals surface area contributed by atoms with Crippen molar-refractivity contribution in [2.75, 3.05) is 39.8 Å². The molecule has 0 bridgehead atoms. The maximum absolute atomic E-state index is 12.7. The third kappa shape index (κ3) is 4.79. The molecule has 3 aromatic rings. The van der Waals surface area contributed by atoms with Crippen molar-refractivity contribution in [3.63, 3.8) is 0 Å². The van der Waals surface area contributed by atoms with E-state index in [4.69, 9.17) is 0 Å². The average Bonchev–Trinajstić information content (AvgIpc) is 3.21. The number of likely N-dealkylation sites (N-methyl/N-ethyl adjacent to an activating group) is 1. The molecular weight excluding hydrogens is 366 g/mol.